The SMILES string of the molecule is Cc1cn(CC(=O)COCCO)c(=O)[nH]c1=O. The molecule has 1 aromatic rings. The van der Waals surface area contributed by atoms with Gasteiger partial charge in [-0.2, -0.15) is 0 Å². The van der Waals surface area contributed by atoms with Gasteiger partial charge in [-0.3, -0.25) is 19.1 Å². The summed E-state index contributed by atoms with van der Waals surface area (Å²) in [5.74, 6) is -0.313. The monoisotopic (exact) mass is 242 g/mol. The number of carbonyl (C=O) groups excluding carboxylic acids is 1. The Morgan fingerprint density at radius 3 is 2.88 bits per heavy atom. The summed E-state index contributed by atoms with van der Waals surface area (Å²) in [6.45, 7) is 1.12. The van der Waals surface area contributed by atoms with E-state index in [1.54, 1.807) is 6.92 Å². The number of aromatic amines is 1. The highest BCUT2D eigenvalue weighted by molar-refractivity contribution is 5.79. The summed E-state index contributed by atoms with van der Waals surface area (Å²) in [6.07, 6.45) is 1.32. The molecule has 0 spiro atoms. The van der Waals surface area contributed by atoms with Crippen LogP contribution >= 0.6 is 0 Å². The van der Waals surface area contributed by atoms with Gasteiger partial charge in [-0.05, 0) is 6.92 Å². The Morgan fingerprint density at radius 2 is 2.24 bits per heavy atom. The number of aliphatic hydroxyl groups is 1. The van der Waals surface area contributed by atoms with E-state index in [4.69, 9.17) is 9.84 Å². The molecule has 7 heteroatoms. The molecular formula is C10H14N2O5. The number of aryl methyl sites for hydroxylation is 1. The number of aromatic nitrogens is 2. The highest BCUT2D eigenvalue weighted by atomic mass is 16.5. The Kier molecular flexibility index (Phi) is 4.80. The Bertz CT molecular complexity index is 502. The lowest BCUT2D eigenvalue weighted by Gasteiger charge is -2.05. The molecule has 0 aliphatic heterocycles. The van der Waals surface area contributed by atoms with Crippen molar-refractivity contribution in [2.75, 3.05) is 19.8 Å². The summed E-state index contributed by atoms with van der Waals surface area (Å²) >= 11 is 0. The summed E-state index contributed by atoms with van der Waals surface area (Å²) in [4.78, 5) is 35.9. The molecule has 0 aromatic carbocycles. The topological polar surface area (TPSA) is 101 Å². The van der Waals surface area contributed by atoms with Gasteiger partial charge < -0.3 is 9.84 Å². The molecule has 0 amide bonds. The zero-order chi connectivity index (χ0) is 12.8. The molecule has 0 unspecified atom stereocenters. The third kappa shape index (κ3) is 3.97. The Labute approximate surface area is 96.7 Å². The smallest absolute Gasteiger partial charge is 0.328 e. The fourth-order valence-electron chi connectivity index (χ4n) is 1.22. The number of rotatable bonds is 6. The van der Waals surface area contributed by atoms with Crippen molar-refractivity contribution in [2.24, 2.45) is 0 Å². The summed E-state index contributed by atoms with van der Waals surface area (Å²) in [7, 11) is 0. The van der Waals surface area contributed by atoms with Crippen LogP contribution in [0.5, 0.6) is 0 Å². The van der Waals surface area contributed by atoms with Crippen LogP contribution in [0.2, 0.25) is 0 Å². The average molecular weight is 242 g/mol. The van der Waals surface area contributed by atoms with Crippen molar-refractivity contribution in [1.29, 1.82) is 0 Å². The number of ketones is 1. The van der Waals surface area contributed by atoms with Gasteiger partial charge in [0.15, 0.2) is 5.78 Å². The van der Waals surface area contributed by atoms with Crippen LogP contribution in [0, 0.1) is 6.92 Å². The van der Waals surface area contributed by atoms with Crippen molar-refractivity contribution in [3.63, 3.8) is 0 Å². The molecule has 2 N–H and O–H groups in total. The van der Waals surface area contributed by atoms with Gasteiger partial charge in [0.1, 0.15) is 6.61 Å². The molecule has 0 aliphatic rings. The molecule has 17 heavy (non-hydrogen) atoms. The summed E-state index contributed by atoms with van der Waals surface area (Å²) in [5.41, 5.74) is -0.736. The van der Waals surface area contributed by atoms with E-state index in [9.17, 15) is 14.4 Å². The van der Waals surface area contributed by atoms with Gasteiger partial charge in [0.05, 0.1) is 19.8 Å². The number of hydrogen-bond donors (Lipinski definition) is 2. The Morgan fingerprint density at radius 1 is 1.53 bits per heavy atom. The maximum atomic E-state index is 11.4. The van der Waals surface area contributed by atoms with E-state index in [2.05, 4.69) is 4.98 Å². The fraction of sp³-hybridized carbons (Fsp3) is 0.500. The number of hydrogen-bond acceptors (Lipinski definition) is 5. The fourth-order valence-corrected chi connectivity index (χ4v) is 1.22. The molecule has 0 aliphatic carbocycles. The first kappa shape index (κ1) is 13.3. The standard InChI is InChI=1S/C10H14N2O5/c1-7-4-12(10(16)11-9(7)15)5-8(14)6-17-3-2-13/h4,13H,2-3,5-6H2,1H3,(H,11,15,16). The maximum Gasteiger partial charge on any atom is 0.328 e. The molecule has 7 nitrogen and oxygen atoms in total. The van der Waals surface area contributed by atoms with E-state index in [0.717, 1.165) is 4.57 Å². The van der Waals surface area contributed by atoms with E-state index in [0.29, 0.717) is 5.56 Å². The van der Waals surface area contributed by atoms with Crippen molar-refractivity contribution >= 4 is 5.78 Å². The molecule has 0 radical (unpaired) electrons. The quantitative estimate of drug-likeness (QED) is 0.586. The van der Waals surface area contributed by atoms with Crippen LogP contribution in [-0.4, -0.2) is 40.3 Å². The summed E-state index contributed by atoms with van der Waals surface area (Å²) in [5, 5.41) is 8.45. The van der Waals surface area contributed by atoms with Crippen LogP contribution < -0.4 is 11.2 Å². The number of aliphatic hydroxyl groups excluding tert-OH is 1. The highest BCUT2D eigenvalue weighted by Crippen LogP contribution is 1.87. The second-order valence-electron chi connectivity index (χ2n) is 3.51. The third-order valence-corrected chi connectivity index (χ3v) is 2.03. The molecule has 1 rings (SSSR count). The lowest BCUT2D eigenvalue weighted by atomic mass is 10.3. The molecular weight excluding hydrogens is 228 g/mol. The van der Waals surface area contributed by atoms with Crippen molar-refractivity contribution in [2.45, 2.75) is 13.5 Å². The largest absolute Gasteiger partial charge is 0.394 e. The van der Waals surface area contributed by atoms with E-state index < -0.39 is 11.2 Å². The molecule has 1 aromatic heterocycles. The van der Waals surface area contributed by atoms with Gasteiger partial charge in [-0.1, -0.05) is 0 Å². The molecule has 94 valence electrons. The minimum Gasteiger partial charge on any atom is -0.394 e. The van der Waals surface area contributed by atoms with E-state index in [-0.39, 0.29) is 32.1 Å². The van der Waals surface area contributed by atoms with Crippen LogP contribution in [0.3, 0.4) is 0 Å². The molecule has 0 saturated heterocycles. The van der Waals surface area contributed by atoms with Crippen molar-refractivity contribution in [1.82, 2.24) is 9.55 Å². The number of ether oxygens (including phenoxy) is 1. The number of nitrogens with one attached hydrogen (secondary N) is 1. The molecule has 0 fully saturated rings. The first-order valence-electron chi connectivity index (χ1n) is 5.05. The first-order valence-corrected chi connectivity index (χ1v) is 5.05. The van der Waals surface area contributed by atoms with Gasteiger partial charge in [-0.15, -0.1) is 0 Å². The molecule has 0 saturated carbocycles. The molecule has 1 heterocycles. The number of nitrogens with zero attached hydrogens (tertiary/aromatic N) is 1. The zero-order valence-corrected chi connectivity index (χ0v) is 9.43. The predicted octanol–water partition coefficient (Wildman–Crippen LogP) is -1.58. The lowest BCUT2D eigenvalue weighted by Crippen LogP contribution is -2.33. The van der Waals surface area contributed by atoms with E-state index >= 15 is 0 Å². The van der Waals surface area contributed by atoms with E-state index in [1.807, 2.05) is 0 Å². The highest BCUT2D eigenvalue weighted by Gasteiger charge is 2.06. The van der Waals surface area contributed by atoms with Gasteiger partial charge in [0.2, 0.25) is 0 Å². The van der Waals surface area contributed by atoms with Gasteiger partial charge in [0.25, 0.3) is 5.56 Å². The van der Waals surface area contributed by atoms with Crippen molar-refractivity contribution < 1.29 is 14.6 Å². The Hall–Kier alpha value is -1.73. The van der Waals surface area contributed by atoms with Crippen LogP contribution in [-0.2, 0) is 16.1 Å². The normalized spacial score (nSPS) is 10.5. The molecule has 0 bridgehead atoms. The molecule has 0 atom stereocenters. The van der Waals surface area contributed by atoms with Gasteiger partial charge >= 0.3 is 5.69 Å². The van der Waals surface area contributed by atoms with Crippen LogP contribution in [0.15, 0.2) is 15.8 Å². The van der Waals surface area contributed by atoms with Gasteiger partial charge in [0, 0.05) is 11.8 Å². The third-order valence-electron chi connectivity index (χ3n) is 2.03. The van der Waals surface area contributed by atoms with Crippen LogP contribution in [0.25, 0.3) is 0 Å². The predicted molar refractivity (Wildman–Crippen MR) is 59.0 cm³/mol. The number of carbonyl (C=O) groups is 1. The van der Waals surface area contributed by atoms with E-state index in [1.165, 1.54) is 6.20 Å². The zero-order valence-electron chi connectivity index (χ0n) is 9.43. The first-order chi connectivity index (χ1) is 8.04. The minimum atomic E-state index is -0.629. The Balaban J connectivity index is 2.69. The van der Waals surface area contributed by atoms with Crippen molar-refractivity contribution in [3.8, 4) is 0 Å². The number of Topliss-reactive ketones (excluding diaryl/α,β-unsaturated/α-hetero) is 1. The summed E-state index contributed by atoms with van der Waals surface area (Å²) in [6, 6.07) is 0. The lowest BCUT2D eigenvalue weighted by molar-refractivity contribution is -0.124. The maximum absolute atomic E-state index is 11.4. The average Bonchev–Trinajstić information content (AvgIpc) is 2.26. The van der Waals surface area contributed by atoms with Gasteiger partial charge in [-0.25, -0.2) is 4.79 Å². The van der Waals surface area contributed by atoms with Crippen molar-refractivity contribution in [3.05, 3.63) is 32.6 Å². The minimum absolute atomic E-state index is 0.0747. The second-order valence-corrected chi connectivity index (χ2v) is 3.51. The number of H-pyrrole nitrogens is 1. The van der Waals surface area contributed by atoms with Crippen LogP contribution in [0.1, 0.15) is 5.56 Å². The van der Waals surface area contributed by atoms with Crippen LogP contribution in [0.4, 0.5) is 0 Å². The summed E-state index contributed by atoms with van der Waals surface area (Å²) < 4.78 is 5.94. The second kappa shape index (κ2) is 6.12.